The van der Waals surface area contributed by atoms with Gasteiger partial charge in [-0.2, -0.15) is 0 Å². The summed E-state index contributed by atoms with van der Waals surface area (Å²) in [5.41, 5.74) is 1.64. The van der Waals surface area contributed by atoms with Crippen molar-refractivity contribution in [1.82, 2.24) is 0 Å². The fourth-order valence-electron chi connectivity index (χ4n) is 6.59. The van der Waals surface area contributed by atoms with Gasteiger partial charge in [0, 0.05) is 6.42 Å². The van der Waals surface area contributed by atoms with Crippen LogP contribution in [0.4, 0.5) is 0 Å². The van der Waals surface area contributed by atoms with Gasteiger partial charge in [-0.25, -0.2) is 0 Å². The van der Waals surface area contributed by atoms with Crippen molar-refractivity contribution in [3.8, 4) is 0 Å². The molecule has 2 nitrogen and oxygen atoms in total. The van der Waals surface area contributed by atoms with Crippen molar-refractivity contribution in [2.24, 2.45) is 35.0 Å². The van der Waals surface area contributed by atoms with Gasteiger partial charge >= 0.3 is 0 Å². The summed E-state index contributed by atoms with van der Waals surface area (Å²) in [5, 5.41) is 10.4. The molecule has 0 aromatic rings. The Morgan fingerprint density at radius 1 is 1.19 bits per heavy atom. The molecule has 0 aliphatic heterocycles. The molecule has 1 N–H and O–H groups in total. The Hall–Kier alpha value is -0.630. The highest BCUT2D eigenvalue weighted by Crippen LogP contribution is 2.62. The van der Waals surface area contributed by atoms with E-state index in [1.807, 2.05) is 6.08 Å². The predicted octanol–water partition coefficient (Wildman–Crippen LogP) is 3.74. The zero-order valence-electron chi connectivity index (χ0n) is 13.3. The van der Waals surface area contributed by atoms with Crippen LogP contribution in [0.1, 0.15) is 58.8 Å². The summed E-state index contributed by atoms with van der Waals surface area (Å²) in [4.78, 5) is 11.9. The van der Waals surface area contributed by atoms with E-state index in [1.54, 1.807) is 0 Å². The number of rotatable bonds is 0. The molecule has 0 aromatic carbocycles. The number of allylic oxidation sites excluding steroid dienone is 1. The molecular formula is C19H28O2. The number of hydrogen-bond donors (Lipinski definition) is 1. The second-order valence-electron chi connectivity index (χ2n) is 8.50. The Bertz CT molecular complexity index is 494. The number of fused-ring (bicyclic) bond motifs is 5. The molecule has 0 saturated heterocycles. The Morgan fingerprint density at radius 2 is 2.00 bits per heavy atom. The third-order valence-electron chi connectivity index (χ3n) is 7.58. The van der Waals surface area contributed by atoms with E-state index in [0.717, 1.165) is 37.0 Å². The van der Waals surface area contributed by atoms with Gasteiger partial charge in [-0.1, -0.05) is 19.4 Å². The topological polar surface area (TPSA) is 37.3 Å². The third kappa shape index (κ3) is 1.91. The molecule has 4 aliphatic rings. The Kier molecular flexibility index (Phi) is 3.12. The van der Waals surface area contributed by atoms with Crippen LogP contribution in [0.2, 0.25) is 0 Å². The summed E-state index contributed by atoms with van der Waals surface area (Å²) in [5.74, 6) is 3.82. The first-order valence-electron chi connectivity index (χ1n) is 8.92. The molecule has 4 aliphatic carbocycles. The maximum atomic E-state index is 11.9. The van der Waals surface area contributed by atoms with Crippen LogP contribution in [0.3, 0.4) is 0 Å². The van der Waals surface area contributed by atoms with Gasteiger partial charge in [0.25, 0.3) is 0 Å². The van der Waals surface area contributed by atoms with Gasteiger partial charge in [-0.15, -0.1) is 0 Å². The maximum absolute atomic E-state index is 11.9. The lowest BCUT2D eigenvalue weighted by Gasteiger charge is -2.54. The monoisotopic (exact) mass is 288 g/mol. The fraction of sp³-hybridized carbons (Fsp3) is 0.842. The van der Waals surface area contributed by atoms with Gasteiger partial charge in [0.1, 0.15) is 0 Å². The normalized spacial score (nSPS) is 52.7. The van der Waals surface area contributed by atoms with Gasteiger partial charge in [-0.3, -0.25) is 4.79 Å². The highest BCUT2D eigenvalue weighted by molar-refractivity contribution is 5.91. The first kappa shape index (κ1) is 14.0. The van der Waals surface area contributed by atoms with Gasteiger partial charge in [0.15, 0.2) is 5.78 Å². The molecule has 0 amide bonds. The minimum atomic E-state index is -0.0780. The first-order valence-corrected chi connectivity index (χ1v) is 8.92. The highest BCUT2D eigenvalue weighted by Gasteiger charge is 2.56. The van der Waals surface area contributed by atoms with Crippen molar-refractivity contribution in [3.05, 3.63) is 11.6 Å². The van der Waals surface area contributed by atoms with E-state index >= 15 is 0 Å². The minimum absolute atomic E-state index is 0.0780. The van der Waals surface area contributed by atoms with E-state index in [2.05, 4.69) is 13.8 Å². The quantitative estimate of drug-likeness (QED) is 0.737. The molecule has 0 aromatic heterocycles. The smallest absolute Gasteiger partial charge is 0.155 e. The van der Waals surface area contributed by atoms with Crippen molar-refractivity contribution in [2.75, 3.05) is 0 Å². The van der Waals surface area contributed by atoms with Crippen LogP contribution in [0, 0.1) is 35.0 Å². The van der Waals surface area contributed by atoms with Crippen LogP contribution >= 0.6 is 0 Å². The summed E-state index contributed by atoms with van der Waals surface area (Å²) in [6.45, 7) is 4.62. The van der Waals surface area contributed by atoms with Gasteiger partial charge in [0.2, 0.25) is 0 Å². The molecule has 3 saturated carbocycles. The van der Waals surface area contributed by atoms with Gasteiger partial charge in [-0.05, 0) is 79.6 Å². The van der Waals surface area contributed by atoms with Gasteiger partial charge in [0.05, 0.1) is 6.10 Å². The largest absolute Gasteiger partial charge is 0.393 e. The molecule has 7 atom stereocenters. The zero-order valence-corrected chi connectivity index (χ0v) is 13.3. The van der Waals surface area contributed by atoms with Crippen molar-refractivity contribution in [2.45, 2.75) is 64.9 Å². The predicted molar refractivity (Wildman–Crippen MR) is 82.6 cm³/mol. The highest BCUT2D eigenvalue weighted by atomic mass is 16.3. The van der Waals surface area contributed by atoms with E-state index in [1.165, 1.54) is 31.3 Å². The Balaban J connectivity index is 1.66. The van der Waals surface area contributed by atoms with Crippen molar-refractivity contribution in [1.29, 1.82) is 0 Å². The zero-order chi connectivity index (χ0) is 14.8. The van der Waals surface area contributed by atoms with Crippen molar-refractivity contribution in [3.63, 3.8) is 0 Å². The molecule has 2 heteroatoms. The van der Waals surface area contributed by atoms with Gasteiger partial charge < -0.3 is 5.11 Å². The van der Waals surface area contributed by atoms with Crippen LogP contribution in [-0.2, 0) is 4.79 Å². The lowest BCUT2D eigenvalue weighted by atomic mass is 9.51. The second-order valence-corrected chi connectivity index (χ2v) is 8.50. The van der Waals surface area contributed by atoms with E-state index in [0.29, 0.717) is 17.6 Å². The standard InChI is InChI=1S/C19H28O2/c1-11-9-13(20)10-12-3-4-14-15(18(11)12)7-8-19(2)16(14)5-6-17(19)21/h10-11,14-18,21H,3-9H2,1-2H3/t11?,14-,15+,16+,17+,18?,19+/m1/s1. The number of carbonyl (C=O) groups excluding carboxylic acids is 1. The summed E-state index contributed by atoms with van der Waals surface area (Å²) in [6, 6.07) is 0. The third-order valence-corrected chi connectivity index (χ3v) is 7.58. The molecule has 4 rings (SSSR count). The molecule has 0 heterocycles. The number of aliphatic hydroxyl groups excluding tert-OH is 1. The van der Waals surface area contributed by atoms with E-state index in [9.17, 15) is 9.90 Å². The molecule has 3 fully saturated rings. The van der Waals surface area contributed by atoms with Crippen molar-refractivity contribution < 1.29 is 9.90 Å². The molecule has 0 bridgehead atoms. The number of carbonyl (C=O) groups is 1. The average Bonchev–Trinajstić information content (AvgIpc) is 2.74. The van der Waals surface area contributed by atoms with E-state index < -0.39 is 0 Å². The van der Waals surface area contributed by atoms with Crippen LogP contribution in [0.25, 0.3) is 0 Å². The molecular weight excluding hydrogens is 260 g/mol. The summed E-state index contributed by atoms with van der Waals surface area (Å²) in [7, 11) is 0. The number of hydrogen-bond acceptors (Lipinski definition) is 2. The van der Waals surface area contributed by atoms with E-state index in [-0.39, 0.29) is 11.5 Å². The lowest BCUT2D eigenvalue weighted by molar-refractivity contribution is -0.117. The summed E-state index contributed by atoms with van der Waals surface area (Å²) < 4.78 is 0. The lowest BCUT2D eigenvalue weighted by Crippen LogP contribution is -2.48. The molecule has 0 spiro atoms. The van der Waals surface area contributed by atoms with Crippen LogP contribution in [0.15, 0.2) is 11.6 Å². The van der Waals surface area contributed by atoms with Crippen LogP contribution in [-0.4, -0.2) is 17.0 Å². The fourth-order valence-corrected chi connectivity index (χ4v) is 6.59. The maximum Gasteiger partial charge on any atom is 0.155 e. The summed E-state index contributed by atoms with van der Waals surface area (Å²) in [6.07, 6.45) is 9.71. The number of aliphatic hydroxyl groups is 1. The Labute approximate surface area is 128 Å². The number of ketones is 1. The molecule has 0 radical (unpaired) electrons. The van der Waals surface area contributed by atoms with Crippen LogP contribution in [0.5, 0.6) is 0 Å². The summed E-state index contributed by atoms with van der Waals surface area (Å²) >= 11 is 0. The molecule has 2 unspecified atom stereocenters. The minimum Gasteiger partial charge on any atom is -0.393 e. The molecule has 116 valence electrons. The second kappa shape index (κ2) is 4.68. The van der Waals surface area contributed by atoms with E-state index in [4.69, 9.17) is 0 Å². The Morgan fingerprint density at radius 3 is 2.81 bits per heavy atom. The van der Waals surface area contributed by atoms with Crippen LogP contribution < -0.4 is 0 Å². The average molecular weight is 288 g/mol. The van der Waals surface area contributed by atoms with Crippen molar-refractivity contribution >= 4 is 5.78 Å². The molecule has 21 heavy (non-hydrogen) atoms. The first-order chi connectivity index (χ1) is 10.0. The SMILES string of the molecule is CC1CC(=O)C=C2CC[C@@H]3[C@H](CC[C@]4(C)[C@@H](O)CC[C@@H]34)C21.